The van der Waals surface area contributed by atoms with Crippen molar-refractivity contribution in [2.75, 3.05) is 13.3 Å². The first-order valence-corrected chi connectivity index (χ1v) is 6.72. The Hall–Kier alpha value is -1.75. The summed E-state index contributed by atoms with van der Waals surface area (Å²) in [6.07, 6.45) is 3.20. The van der Waals surface area contributed by atoms with Gasteiger partial charge in [-0.3, -0.25) is 4.79 Å². The fourth-order valence-corrected chi connectivity index (χ4v) is 2.44. The first kappa shape index (κ1) is 12.3. The van der Waals surface area contributed by atoms with E-state index in [1.807, 2.05) is 18.2 Å². The minimum absolute atomic E-state index is 0.0391. The molecule has 1 aromatic rings. The van der Waals surface area contributed by atoms with Crippen molar-refractivity contribution < 1.29 is 14.3 Å². The van der Waals surface area contributed by atoms with E-state index < -0.39 is 0 Å². The summed E-state index contributed by atoms with van der Waals surface area (Å²) in [5.41, 5.74) is 1.02. The van der Waals surface area contributed by atoms with Crippen LogP contribution in [0.15, 0.2) is 18.2 Å². The maximum absolute atomic E-state index is 12.0. The van der Waals surface area contributed by atoms with E-state index in [4.69, 9.17) is 9.47 Å². The van der Waals surface area contributed by atoms with Crippen molar-refractivity contribution in [3.63, 3.8) is 0 Å². The molecular formula is C14H18N2O3. The van der Waals surface area contributed by atoms with Crippen LogP contribution in [0.25, 0.3) is 0 Å². The molecule has 0 spiro atoms. The molecule has 1 amide bonds. The molecule has 0 aromatic heterocycles. The third kappa shape index (κ3) is 2.81. The van der Waals surface area contributed by atoms with Crippen LogP contribution in [-0.4, -0.2) is 25.3 Å². The van der Waals surface area contributed by atoms with Crippen LogP contribution in [0.4, 0.5) is 0 Å². The zero-order valence-electron chi connectivity index (χ0n) is 10.8. The summed E-state index contributed by atoms with van der Waals surface area (Å²) in [5, 5.41) is 6.20. The molecule has 0 radical (unpaired) electrons. The lowest BCUT2D eigenvalue weighted by molar-refractivity contribution is -0.123. The zero-order chi connectivity index (χ0) is 13.1. The highest BCUT2D eigenvalue weighted by molar-refractivity contribution is 5.81. The van der Waals surface area contributed by atoms with E-state index in [1.54, 1.807) is 0 Å². The third-order valence-electron chi connectivity index (χ3n) is 3.53. The Morgan fingerprint density at radius 2 is 2.21 bits per heavy atom. The molecule has 2 heterocycles. The average molecular weight is 262 g/mol. The standard InChI is InChI=1S/C14H18N2O3/c17-14(11-3-1-2-6-15-11)16-8-10-4-5-12-13(7-10)19-9-18-12/h4-5,7,11,15H,1-3,6,8-9H2,(H,16,17)/t11-/m1/s1. The lowest BCUT2D eigenvalue weighted by Gasteiger charge is -2.22. The number of fused-ring (bicyclic) bond motifs is 1. The molecule has 5 nitrogen and oxygen atoms in total. The number of carbonyl (C=O) groups is 1. The second-order valence-electron chi connectivity index (χ2n) is 4.91. The maximum atomic E-state index is 12.0. The van der Waals surface area contributed by atoms with Gasteiger partial charge in [0.15, 0.2) is 11.5 Å². The van der Waals surface area contributed by atoms with E-state index in [1.165, 1.54) is 0 Å². The Labute approximate surface area is 112 Å². The molecule has 1 fully saturated rings. The van der Waals surface area contributed by atoms with Crippen LogP contribution < -0.4 is 20.1 Å². The number of carbonyl (C=O) groups excluding carboxylic acids is 1. The predicted octanol–water partition coefficient (Wildman–Crippen LogP) is 1.17. The van der Waals surface area contributed by atoms with E-state index in [0.717, 1.165) is 42.9 Å². The number of piperidine rings is 1. The van der Waals surface area contributed by atoms with Gasteiger partial charge in [-0.25, -0.2) is 0 Å². The van der Waals surface area contributed by atoms with Crippen LogP contribution in [0.3, 0.4) is 0 Å². The van der Waals surface area contributed by atoms with Gasteiger partial charge in [-0.15, -0.1) is 0 Å². The summed E-state index contributed by atoms with van der Waals surface area (Å²) in [4.78, 5) is 12.0. The van der Waals surface area contributed by atoms with Gasteiger partial charge in [-0.05, 0) is 37.1 Å². The Balaban J connectivity index is 1.55. The Morgan fingerprint density at radius 1 is 1.32 bits per heavy atom. The number of rotatable bonds is 3. The highest BCUT2D eigenvalue weighted by Gasteiger charge is 2.20. The van der Waals surface area contributed by atoms with E-state index in [9.17, 15) is 4.79 Å². The van der Waals surface area contributed by atoms with Gasteiger partial charge in [0.05, 0.1) is 6.04 Å². The van der Waals surface area contributed by atoms with Crippen LogP contribution in [0.5, 0.6) is 11.5 Å². The van der Waals surface area contributed by atoms with Crippen molar-refractivity contribution in [2.45, 2.75) is 31.8 Å². The average Bonchev–Trinajstić information content (AvgIpc) is 2.93. The first-order valence-electron chi connectivity index (χ1n) is 6.72. The quantitative estimate of drug-likeness (QED) is 0.858. The molecule has 5 heteroatoms. The third-order valence-corrected chi connectivity index (χ3v) is 3.53. The molecule has 1 atom stereocenters. The van der Waals surface area contributed by atoms with Crippen molar-refractivity contribution in [3.8, 4) is 11.5 Å². The van der Waals surface area contributed by atoms with Gasteiger partial charge >= 0.3 is 0 Å². The lowest BCUT2D eigenvalue weighted by Crippen LogP contribution is -2.46. The molecule has 19 heavy (non-hydrogen) atoms. The summed E-state index contributed by atoms with van der Waals surface area (Å²) in [5.74, 6) is 1.60. The van der Waals surface area contributed by atoms with Gasteiger partial charge in [-0.2, -0.15) is 0 Å². The molecule has 1 saturated heterocycles. The van der Waals surface area contributed by atoms with E-state index in [0.29, 0.717) is 6.54 Å². The highest BCUT2D eigenvalue weighted by Crippen LogP contribution is 2.32. The predicted molar refractivity (Wildman–Crippen MR) is 70.1 cm³/mol. The van der Waals surface area contributed by atoms with Gasteiger partial charge in [0.25, 0.3) is 0 Å². The van der Waals surface area contributed by atoms with Crippen molar-refractivity contribution >= 4 is 5.91 Å². The largest absolute Gasteiger partial charge is 0.454 e. The van der Waals surface area contributed by atoms with Crippen molar-refractivity contribution in [2.24, 2.45) is 0 Å². The van der Waals surface area contributed by atoms with Gasteiger partial charge in [-0.1, -0.05) is 12.5 Å². The smallest absolute Gasteiger partial charge is 0.237 e. The Morgan fingerprint density at radius 3 is 3.05 bits per heavy atom. The Kier molecular flexibility index (Phi) is 3.55. The molecule has 102 valence electrons. The van der Waals surface area contributed by atoms with Crippen LogP contribution in [0.2, 0.25) is 0 Å². The molecule has 0 saturated carbocycles. The molecule has 0 bridgehead atoms. The summed E-state index contributed by atoms with van der Waals surface area (Å²) >= 11 is 0. The van der Waals surface area contributed by atoms with Gasteiger partial charge in [0.1, 0.15) is 0 Å². The van der Waals surface area contributed by atoms with Crippen molar-refractivity contribution in [1.82, 2.24) is 10.6 Å². The molecule has 3 rings (SSSR count). The van der Waals surface area contributed by atoms with Gasteiger partial charge in [0.2, 0.25) is 12.7 Å². The molecule has 2 aliphatic rings. The van der Waals surface area contributed by atoms with Crippen LogP contribution >= 0.6 is 0 Å². The van der Waals surface area contributed by atoms with E-state index in [2.05, 4.69) is 10.6 Å². The van der Waals surface area contributed by atoms with Crippen molar-refractivity contribution in [1.29, 1.82) is 0 Å². The number of ether oxygens (including phenoxy) is 2. The van der Waals surface area contributed by atoms with Crippen LogP contribution in [0, 0.1) is 0 Å². The van der Waals surface area contributed by atoms with E-state index in [-0.39, 0.29) is 18.7 Å². The Bertz CT molecular complexity index is 470. The lowest BCUT2D eigenvalue weighted by atomic mass is 10.0. The number of benzene rings is 1. The van der Waals surface area contributed by atoms with Gasteiger partial charge in [0, 0.05) is 6.54 Å². The minimum Gasteiger partial charge on any atom is -0.454 e. The molecular weight excluding hydrogens is 244 g/mol. The monoisotopic (exact) mass is 262 g/mol. The maximum Gasteiger partial charge on any atom is 0.237 e. The summed E-state index contributed by atoms with van der Waals surface area (Å²) in [7, 11) is 0. The number of hydrogen-bond acceptors (Lipinski definition) is 4. The summed E-state index contributed by atoms with van der Waals surface area (Å²) in [6, 6.07) is 5.70. The summed E-state index contributed by atoms with van der Waals surface area (Å²) < 4.78 is 10.6. The molecule has 1 aromatic carbocycles. The molecule has 2 aliphatic heterocycles. The summed E-state index contributed by atoms with van der Waals surface area (Å²) in [6.45, 7) is 1.73. The second-order valence-corrected chi connectivity index (χ2v) is 4.91. The topological polar surface area (TPSA) is 59.6 Å². The fraction of sp³-hybridized carbons (Fsp3) is 0.500. The minimum atomic E-state index is -0.0391. The number of nitrogens with one attached hydrogen (secondary N) is 2. The van der Waals surface area contributed by atoms with Crippen molar-refractivity contribution in [3.05, 3.63) is 23.8 Å². The molecule has 2 N–H and O–H groups in total. The number of hydrogen-bond donors (Lipinski definition) is 2. The molecule has 0 unspecified atom stereocenters. The second kappa shape index (κ2) is 5.48. The first-order chi connectivity index (χ1) is 9.33. The van der Waals surface area contributed by atoms with Gasteiger partial charge < -0.3 is 20.1 Å². The number of amides is 1. The SMILES string of the molecule is O=C(NCc1ccc2c(c1)OCO2)[C@H]1CCCCN1. The molecule has 0 aliphatic carbocycles. The van der Waals surface area contributed by atoms with Crippen LogP contribution in [0.1, 0.15) is 24.8 Å². The normalized spacial score (nSPS) is 21.2. The van der Waals surface area contributed by atoms with Crippen LogP contribution in [-0.2, 0) is 11.3 Å². The fourth-order valence-electron chi connectivity index (χ4n) is 2.44. The highest BCUT2D eigenvalue weighted by atomic mass is 16.7. The van der Waals surface area contributed by atoms with E-state index >= 15 is 0 Å². The zero-order valence-corrected chi connectivity index (χ0v) is 10.8.